The molecule has 1 heterocycles. The molecule has 4 nitrogen and oxygen atoms in total. The van der Waals surface area contributed by atoms with Crippen molar-refractivity contribution in [2.75, 3.05) is 0 Å². The van der Waals surface area contributed by atoms with Gasteiger partial charge in [0.25, 0.3) is 0 Å². The third-order valence-electron chi connectivity index (χ3n) is 4.17. The minimum absolute atomic E-state index is 0.0946. The summed E-state index contributed by atoms with van der Waals surface area (Å²) in [5.41, 5.74) is 0.154. The average molecular weight is 338 g/mol. The van der Waals surface area contributed by atoms with E-state index in [4.69, 9.17) is 5.11 Å². The molecule has 0 aliphatic heterocycles. The van der Waals surface area contributed by atoms with Crippen LogP contribution >= 0.6 is 0 Å². The van der Waals surface area contributed by atoms with Gasteiger partial charge in [0.2, 0.25) is 0 Å². The third kappa shape index (κ3) is 2.60. The van der Waals surface area contributed by atoms with Crippen molar-refractivity contribution in [3.63, 3.8) is 0 Å². The van der Waals surface area contributed by atoms with E-state index < -0.39 is 5.97 Å². The van der Waals surface area contributed by atoms with Gasteiger partial charge in [0.1, 0.15) is 0 Å². The minimum atomic E-state index is -0.669. The van der Waals surface area contributed by atoms with Crippen molar-refractivity contribution >= 4 is 30.3 Å². The molecule has 0 saturated heterocycles. The second kappa shape index (κ2) is 5.58. The molecule has 0 unspecified atom stereocenters. The maximum atomic E-state index is 12.3. The predicted molar refractivity (Wildman–Crippen MR) is 78.2 cm³/mol. The summed E-state index contributed by atoms with van der Waals surface area (Å²) in [6.07, 6.45) is 3.35. The molecule has 20 heavy (non-hydrogen) atoms. The number of benzene rings is 1. The molecule has 1 aliphatic carbocycles. The van der Waals surface area contributed by atoms with Crippen LogP contribution in [0.25, 0.3) is 9.65 Å². The summed E-state index contributed by atoms with van der Waals surface area (Å²) in [5, 5.41) is 9.86. The summed E-state index contributed by atoms with van der Waals surface area (Å²) < 4.78 is 3.15. The molecule has 1 fully saturated rings. The Hall–Kier alpha value is -1.32. The Bertz CT molecular complexity index is 680. The molecular weight excluding hydrogens is 321 g/mol. The van der Waals surface area contributed by atoms with Gasteiger partial charge in [-0.1, -0.05) is 0 Å². The number of aliphatic carboxylic acids is 1. The van der Waals surface area contributed by atoms with Gasteiger partial charge in [-0.3, -0.25) is 0 Å². The summed E-state index contributed by atoms with van der Waals surface area (Å²) in [7, 11) is 0. The molecule has 0 spiro atoms. The van der Waals surface area contributed by atoms with Gasteiger partial charge in [-0.15, -0.1) is 0 Å². The van der Waals surface area contributed by atoms with Gasteiger partial charge in [-0.2, -0.15) is 0 Å². The van der Waals surface area contributed by atoms with Crippen molar-refractivity contribution in [3.8, 4) is 0 Å². The fraction of sp³-hybridized carbons (Fsp3) is 0.467. The Morgan fingerprint density at radius 1 is 1.25 bits per heavy atom. The van der Waals surface area contributed by atoms with E-state index in [1.165, 1.54) is 4.26 Å². The molecule has 0 radical (unpaired) electrons. The molecule has 5 heteroatoms. The van der Waals surface area contributed by atoms with Crippen molar-refractivity contribution in [1.82, 2.24) is 3.56 Å². The van der Waals surface area contributed by atoms with Gasteiger partial charge in [0.05, 0.1) is 0 Å². The summed E-state index contributed by atoms with van der Waals surface area (Å²) in [4.78, 5) is 23.2. The van der Waals surface area contributed by atoms with E-state index in [0.29, 0.717) is 5.92 Å². The van der Waals surface area contributed by atoms with E-state index >= 15 is 0 Å². The summed E-state index contributed by atoms with van der Waals surface area (Å²) in [6, 6.07) is 7.83. The zero-order valence-electron chi connectivity index (χ0n) is 11.1. The molecule has 0 bridgehead atoms. The van der Waals surface area contributed by atoms with Gasteiger partial charge in [0, 0.05) is 0 Å². The van der Waals surface area contributed by atoms with Crippen molar-refractivity contribution in [3.05, 3.63) is 34.6 Å². The molecule has 1 aliphatic rings. The molecule has 1 aromatic carbocycles. The topological polar surface area (TPSA) is 59.3 Å². The first kappa shape index (κ1) is 13.7. The molecule has 106 valence electrons. The summed E-state index contributed by atoms with van der Waals surface area (Å²) in [6.45, 7) is 0.792. The van der Waals surface area contributed by atoms with Crippen molar-refractivity contribution in [2.24, 2.45) is 11.8 Å². The number of carbonyl (C=O) groups is 1. The van der Waals surface area contributed by atoms with Crippen LogP contribution in [0, 0.1) is 11.8 Å². The number of fused-ring (bicyclic) bond motifs is 1. The van der Waals surface area contributed by atoms with Crippen LogP contribution in [-0.4, -0.2) is 29.4 Å². The molecule has 3 rings (SSSR count). The zero-order valence-corrected chi connectivity index (χ0v) is 12.8. The third-order valence-corrected chi connectivity index (χ3v) is 6.46. The second-order valence-corrected chi connectivity index (χ2v) is 7.74. The van der Waals surface area contributed by atoms with Crippen LogP contribution in [0.15, 0.2) is 29.1 Å². The Kier molecular flexibility index (Phi) is 3.81. The maximum absolute atomic E-state index is 12.3. The van der Waals surface area contributed by atoms with Crippen molar-refractivity contribution < 1.29 is 9.90 Å². The Morgan fingerprint density at radius 3 is 2.60 bits per heavy atom. The van der Waals surface area contributed by atoms with Gasteiger partial charge >= 0.3 is 122 Å². The monoisotopic (exact) mass is 339 g/mol. The van der Waals surface area contributed by atoms with Crippen molar-refractivity contribution in [1.29, 1.82) is 0 Å². The number of aromatic nitrogens is 1. The standard InChI is InChI=1S/C15H17NO3Se/c17-14-12-3-1-2-4-13(12)20-16(14)9-10-5-7-11(8-6-10)15(18)19/h1-4,10-11H,5-9H2,(H,18,19). The summed E-state index contributed by atoms with van der Waals surface area (Å²) in [5.74, 6) is -0.383. The average Bonchev–Trinajstić information content (AvgIpc) is 2.77. The van der Waals surface area contributed by atoms with Crippen LogP contribution in [0.2, 0.25) is 0 Å². The Balaban J connectivity index is 1.73. The van der Waals surface area contributed by atoms with Gasteiger partial charge < -0.3 is 0 Å². The van der Waals surface area contributed by atoms with Crippen LogP contribution < -0.4 is 5.56 Å². The van der Waals surface area contributed by atoms with E-state index in [1.54, 1.807) is 0 Å². The molecule has 1 N–H and O–H groups in total. The van der Waals surface area contributed by atoms with E-state index in [0.717, 1.165) is 37.6 Å². The van der Waals surface area contributed by atoms with E-state index in [-0.39, 0.29) is 26.2 Å². The molecular formula is C15H17NO3Se. The van der Waals surface area contributed by atoms with Crippen molar-refractivity contribution in [2.45, 2.75) is 32.2 Å². The van der Waals surface area contributed by atoms with Crippen LogP contribution in [0.4, 0.5) is 0 Å². The SMILES string of the molecule is O=C(O)C1CCC(Cn2[se]c3ccccc3c2=O)CC1. The van der Waals surface area contributed by atoms with Crippen LogP contribution in [-0.2, 0) is 11.3 Å². The Labute approximate surface area is 123 Å². The molecule has 1 aromatic heterocycles. The predicted octanol–water partition coefficient (Wildman–Crippen LogP) is 1.95. The number of rotatable bonds is 3. The number of nitrogens with zero attached hydrogens (tertiary/aromatic N) is 1. The van der Waals surface area contributed by atoms with Gasteiger partial charge in [-0.05, 0) is 0 Å². The van der Waals surface area contributed by atoms with E-state index in [2.05, 4.69) is 0 Å². The molecule has 1 saturated carbocycles. The zero-order chi connectivity index (χ0) is 14.1. The first-order valence-electron chi connectivity index (χ1n) is 6.97. The normalized spacial score (nSPS) is 23.0. The second-order valence-electron chi connectivity index (χ2n) is 5.51. The Morgan fingerprint density at radius 2 is 1.95 bits per heavy atom. The van der Waals surface area contributed by atoms with Gasteiger partial charge in [-0.25, -0.2) is 0 Å². The number of hydrogen-bond acceptors (Lipinski definition) is 2. The van der Waals surface area contributed by atoms with Crippen LogP contribution in [0.3, 0.4) is 0 Å². The fourth-order valence-corrected chi connectivity index (χ4v) is 5.27. The fourth-order valence-electron chi connectivity index (χ4n) is 2.96. The van der Waals surface area contributed by atoms with Crippen LogP contribution in [0.5, 0.6) is 0 Å². The van der Waals surface area contributed by atoms with E-state index in [1.807, 2.05) is 27.8 Å². The van der Waals surface area contributed by atoms with Crippen LogP contribution in [0.1, 0.15) is 25.7 Å². The molecule has 2 aromatic rings. The number of carboxylic acids is 1. The first-order chi connectivity index (χ1) is 9.65. The number of hydrogen-bond donors (Lipinski definition) is 1. The first-order valence-corrected chi connectivity index (χ1v) is 8.59. The number of carboxylic acid groups (broad SMARTS) is 1. The molecule has 0 atom stereocenters. The molecule has 0 amide bonds. The summed E-state index contributed by atoms with van der Waals surface area (Å²) >= 11 is 0.0946. The van der Waals surface area contributed by atoms with E-state index in [9.17, 15) is 9.59 Å². The quantitative estimate of drug-likeness (QED) is 0.871. The van der Waals surface area contributed by atoms with Gasteiger partial charge in [0.15, 0.2) is 0 Å².